The molecule has 0 spiro atoms. The molecular weight excluding hydrogens is 272 g/mol. The van der Waals surface area contributed by atoms with Crippen LogP contribution in [0.3, 0.4) is 0 Å². The predicted octanol–water partition coefficient (Wildman–Crippen LogP) is 1.19. The third-order valence-electron chi connectivity index (χ3n) is 2.70. The summed E-state index contributed by atoms with van der Waals surface area (Å²) in [5, 5.41) is 10.8. The highest BCUT2D eigenvalue weighted by Gasteiger charge is 2.07. The van der Waals surface area contributed by atoms with Gasteiger partial charge in [0.15, 0.2) is 11.5 Å². The minimum Gasteiger partial charge on any atom is -0.490 e. The van der Waals surface area contributed by atoms with Crippen LogP contribution in [0.25, 0.3) is 0 Å². The fourth-order valence-electron chi connectivity index (χ4n) is 1.73. The van der Waals surface area contributed by atoms with E-state index in [1.807, 2.05) is 25.1 Å². The number of benzene rings is 1. The summed E-state index contributed by atoms with van der Waals surface area (Å²) < 4.78 is 11.3. The van der Waals surface area contributed by atoms with Gasteiger partial charge in [0.25, 0.3) is 5.95 Å². The zero-order chi connectivity index (χ0) is 15.1. The number of tetrazole rings is 1. The van der Waals surface area contributed by atoms with E-state index in [0.29, 0.717) is 19.8 Å². The molecule has 0 saturated heterocycles. The van der Waals surface area contributed by atoms with Crippen molar-refractivity contribution < 1.29 is 9.47 Å². The lowest BCUT2D eigenvalue weighted by molar-refractivity contribution is 0.276. The first-order chi connectivity index (χ1) is 10.2. The van der Waals surface area contributed by atoms with Gasteiger partial charge in [-0.2, -0.15) is 0 Å². The SMILES string of the molecule is CCCOc1ccc(CNn2nnnc2N)cc1OCC. The van der Waals surface area contributed by atoms with Gasteiger partial charge in [0, 0.05) is 0 Å². The molecule has 1 aromatic heterocycles. The second-order valence-corrected chi connectivity index (χ2v) is 4.35. The fraction of sp³-hybridized carbons (Fsp3) is 0.462. The van der Waals surface area contributed by atoms with Crippen molar-refractivity contribution >= 4 is 5.95 Å². The number of anilines is 1. The van der Waals surface area contributed by atoms with Gasteiger partial charge in [-0.1, -0.05) is 18.1 Å². The van der Waals surface area contributed by atoms with Gasteiger partial charge in [0.2, 0.25) is 0 Å². The van der Waals surface area contributed by atoms with E-state index in [4.69, 9.17) is 15.2 Å². The highest BCUT2D eigenvalue weighted by molar-refractivity contribution is 5.43. The van der Waals surface area contributed by atoms with E-state index >= 15 is 0 Å². The van der Waals surface area contributed by atoms with E-state index in [0.717, 1.165) is 23.5 Å². The third-order valence-corrected chi connectivity index (χ3v) is 2.70. The largest absolute Gasteiger partial charge is 0.490 e. The van der Waals surface area contributed by atoms with Gasteiger partial charge < -0.3 is 20.6 Å². The lowest BCUT2D eigenvalue weighted by atomic mass is 10.2. The van der Waals surface area contributed by atoms with Gasteiger partial charge in [-0.15, -0.1) is 4.79 Å². The van der Waals surface area contributed by atoms with E-state index < -0.39 is 0 Å². The number of nitrogens with two attached hydrogens (primary N) is 1. The summed E-state index contributed by atoms with van der Waals surface area (Å²) >= 11 is 0. The Bertz CT molecular complexity index is 572. The van der Waals surface area contributed by atoms with E-state index in [-0.39, 0.29) is 5.95 Å². The molecule has 0 aliphatic heterocycles. The Labute approximate surface area is 123 Å². The van der Waals surface area contributed by atoms with Gasteiger partial charge in [-0.05, 0) is 41.5 Å². The van der Waals surface area contributed by atoms with Gasteiger partial charge in [-0.25, -0.2) is 0 Å². The molecule has 8 heteroatoms. The minimum atomic E-state index is 0.211. The van der Waals surface area contributed by atoms with Crippen LogP contribution < -0.4 is 20.6 Å². The average Bonchev–Trinajstić information content (AvgIpc) is 2.90. The zero-order valence-corrected chi connectivity index (χ0v) is 12.2. The summed E-state index contributed by atoms with van der Waals surface area (Å²) in [5.41, 5.74) is 9.59. The second-order valence-electron chi connectivity index (χ2n) is 4.35. The highest BCUT2D eigenvalue weighted by atomic mass is 16.5. The van der Waals surface area contributed by atoms with Crippen LogP contribution >= 0.6 is 0 Å². The quantitative estimate of drug-likeness (QED) is 0.753. The number of ether oxygens (including phenoxy) is 2. The number of nitrogen functional groups attached to an aromatic ring is 1. The molecular formula is C13H20N6O2. The third kappa shape index (κ3) is 3.98. The van der Waals surface area contributed by atoms with Crippen LogP contribution in [0.15, 0.2) is 18.2 Å². The first-order valence-corrected chi connectivity index (χ1v) is 6.90. The van der Waals surface area contributed by atoms with Crippen LogP contribution in [0.1, 0.15) is 25.8 Å². The molecule has 0 aliphatic carbocycles. The summed E-state index contributed by atoms with van der Waals surface area (Å²) in [6, 6.07) is 5.80. The number of hydrogen-bond acceptors (Lipinski definition) is 7. The van der Waals surface area contributed by atoms with Crippen molar-refractivity contribution in [1.82, 2.24) is 20.3 Å². The number of rotatable bonds is 8. The molecule has 0 amide bonds. The molecule has 21 heavy (non-hydrogen) atoms. The molecule has 2 rings (SSSR count). The Balaban J connectivity index is 2.06. The minimum absolute atomic E-state index is 0.211. The van der Waals surface area contributed by atoms with E-state index in [1.165, 1.54) is 4.79 Å². The number of nitrogens with zero attached hydrogens (tertiary/aromatic N) is 4. The first kappa shape index (κ1) is 14.9. The number of hydrogen-bond donors (Lipinski definition) is 2. The van der Waals surface area contributed by atoms with Crippen LogP contribution in [-0.4, -0.2) is 33.5 Å². The Morgan fingerprint density at radius 1 is 1.24 bits per heavy atom. The fourth-order valence-corrected chi connectivity index (χ4v) is 1.73. The zero-order valence-electron chi connectivity index (χ0n) is 12.2. The second kappa shape index (κ2) is 7.32. The molecule has 0 aliphatic rings. The Kier molecular flexibility index (Phi) is 5.19. The van der Waals surface area contributed by atoms with Crippen LogP contribution in [0.5, 0.6) is 11.5 Å². The molecule has 0 radical (unpaired) electrons. The Morgan fingerprint density at radius 2 is 2.10 bits per heavy atom. The monoisotopic (exact) mass is 292 g/mol. The Morgan fingerprint density at radius 3 is 2.76 bits per heavy atom. The van der Waals surface area contributed by atoms with E-state index in [9.17, 15) is 0 Å². The van der Waals surface area contributed by atoms with Gasteiger partial charge in [0.05, 0.1) is 19.8 Å². The molecule has 2 aromatic rings. The molecule has 1 aromatic carbocycles. The molecule has 0 saturated carbocycles. The van der Waals surface area contributed by atoms with Crippen molar-refractivity contribution in [3.8, 4) is 11.5 Å². The maximum absolute atomic E-state index is 5.66. The maximum atomic E-state index is 5.66. The lowest BCUT2D eigenvalue weighted by Crippen LogP contribution is -2.18. The maximum Gasteiger partial charge on any atom is 0.260 e. The van der Waals surface area contributed by atoms with Crippen LogP contribution in [0.2, 0.25) is 0 Å². The normalized spacial score (nSPS) is 10.4. The standard InChI is InChI=1S/C13H20N6O2/c1-3-7-21-11-6-5-10(8-12(11)20-4-2)9-15-19-13(14)16-17-18-19/h5-6,8,15H,3-4,7,9H2,1-2H3,(H2,14,16,18). The summed E-state index contributed by atoms with van der Waals surface area (Å²) in [7, 11) is 0. The number of aromatic nitrogens is 4. The van der Waals surface area contributed by atoms with Crippen LogP contribution in [0, 0.1) is 0 Å². The summed E-state index contributed by atoms with van der Waals surface area (Å²) in [6.07, 6.45) is 0.952. The summed E-state index contributed by atoms with van der Waals surface area (Å²) in [4.78, 5) is 1.32. The van der Waals surface area contributed by atoms with Gasteiger partial charge >= 0.3 is 0 Å². The molecule has 0 unspecified atom stereocenters. The topological polar surface area (TPSA) is 100 Å². The van der Waals surface area contributed by atoms with E-state index in [1.54, 1.807) is 0 Å². The van der Waals surface area contributed by atoms with Crippen molar-refractivity contribution in [2.75, 3.05) is 24.4 Å². The van der Waals surface area contributed by atoms with Crippen molar-refractivity contribution in [2.45, 2.75) is 26.8 Å². The molecule has 1 heterocycles. The molecule has 0 fully saturated rings. The van der Waals surface area contributed by atoms with Crippen molar-refractivity contribution in [2.24, 2.45) is 0 Å². The lowest BCUT2D eigenvalue weighted by Gasteiger charge is -2.13. The summed E-state index contributed by atoms with van der Waals surface area (Å²) in [5.74, 6) is 1.70. The Hall–Kier alpha value is -2.51. The van der Waals surface area contributed by atoms with Crippen molar-refractivity contribution in [3.05, 3.63) is 23.8 Å². The van der Waals surface area contributed by atoms with E-state index in [2.05, 4.69) is 27.9 Å². The molecule has 0 bridgehead atoms. The average molecular weight is 292 g/mol. The van der Waals surface area contributed by atoms with Crippen LogP contribution in [0.4, 0.5) is 5.95 Å². The predicted molar refractivity (Wildman–Crippen MR) is 78.7 cm³/mol. The van der Waals surface area contributed by atoms with Crippen LogP contribution in [-0.2, 0) is 6.54 Å². The van der Waals surface area contributed by atoms with Crippen molar-refractivity contribution in [1.29, 1.82) is 0 Å². The van der Waals surface area contributed by atoms with Gasteiger partial charge in [-0.3, -0.25) is 0 Å². The molecule has 114 valence electrons. The number of nitrogens with one attached hydrogen (secondary N) is 1. The molecule has 8 nitrogen and oxygen atoms in total. The summed E-state index contributed by atoms with van der Waals surface area (Å²) in [6.45, 7) is 5.77. The highest BCUT2D eigenvalue weighted by Crippen LogP contribution is 2.28. The van der Waals surface area contributed by atoms with Gasteiger partial charge in [0.1, 0.15) is 0 Å². The molecule has 0 atom stereocenters. The molecule has 3 N–H and O–H groups in total. The first-order valence-electron chi connectivity index (χ1n) is 6.90. The smallest absolute Gasteiger partial charge is 0.260 e. The van der Waals surface area contributed by atoms with Crippen molar-refractivity contribution in [3.63, 3.8) is 0 Å².